The minimum absolute atomic E-state index is 0.105. The van der Waals surface area contributed by atoms with Crippen LogP contribution in [0.15, 0.2) is 53.4 Å². The molecule has 8 rings (SSSR count). The highest BCUT2D eigenvalue weighted by atomic mass is 79.9. The molecule has 68 heavy (non-hydrogen) atoms. The van der Waals surface area contributed by atoms with Gasteiger partial charge in [0, 0.05) is 51.9 Å². The number of fused-ring (bicyclic) bond motifs is 2. The van der Waals surface area contributed by atoms with Crippen LogP contribution in [-0.4, -0.2) is 103 Å². The number of aromatic nitrogens is 8. The van der Waals surface area contributed by atoms with E-state index in [1.54, 1.807) is 36.7 Å². The molecule has 2 aliphatic heterocycles. The number of H-pyrrole nitrogens is 1. The molecule has 23 heteroatoms. The molecule has 0 saturated carbocycles. The summed E-state index contributed by atoms with van der Waals surface area (Å²) in [5.74, 6) is 2.13. The van der Waals surface area contributed by atoms with E-state index in [-0.39, 0.29) is 17.2 Å². The number of halogens is 5. The number of imidazole rings is 2. The molecule has 0 radical (unpaired) electrons. The number of hydrogen-bond acceptors (Lipinski definition) is 14. The lowest BCUT2D eigenvalue weighted by atomic mass is 9.90. The monoisotopic (exact) mass is 1090 g/mol. The molecule has 6 heterocycles. The summed E-state index contributed by atoms with van der Waals surface area (Å²) in [6.45, 7) is 21.1. The molecular weight excluding hydrogens is 1030 g/mol. The number of rotatable bonds is 10. The number of aromatic amines is 1. The van der Waals surface area contributed by atoms with E-state index < -0.39 is 13.7 Å². The molecule has 17 nitrogen and oxygen atoms in total. The lowest BCUT2D eigenvalue weighted by molar-refractivity contribution is 0.0447. The van der Waals surface area contributed by atoms with Crippen molar-refractivity contribution in [1.29, 1.82) is 0 Å². The fraction of sp³-hybridized carbons (Fsp3) is 0.489. The lowest BCUT2D eigenvalue weighted by Crippen LogP contribution is -2.54. The fourth-order valence-corrected chi connectivity index (χ4v) is 8.80. The Balaban J connectivity index is 0.000000192. The zero-order valence-corrected chi connectivity index (χ0v) is 45.3. The van der Waals surface area contributed by atoms with Crippen molar-refractivity contribution in [3.05, 3.63) is 73.5 Å². The number of nitrogens with zero attached hydrogens (tertiary/aromatic N) is 9. The summed E-state index contributed by atoms with van der Waals surface area (Å²) < 4.78 is 14.1. The Morgan fingerprint density at radius 2 is 1.51 bits per heavy atom. The zero-order chi connectivity index (χ0) is 49.6. The third kappa shape index (κ3) is 14.9. The molecule has 0 unspecified atom stereocenters. The van der Waals surface area contributed by atoms with Gasteiger partial charge in [0.05, 0.1) is 43.9 Å². The molecule has 2 saturated heterocycles. The number of nitrogens with two attached hydrogens (primary N) is 2. The highest BCUT2D eigenvalue weighted by molar-refractivity contribution is 9.10. The van der Waals surface area contributed by atoms with Gasteiger partial charge >= 0.3 is 6.09 Å². The third-order valence-corrected chi connectivity index (χ3v) is 14.9. The van der Waals surface area contributed by atoms with E-state index in [0.717, 1.165) is 76.4 Å². The Kier molecular flexibility index (Phi) is 17.4. The van der Waals surface area contributed by atoms with Crippen LogP contribution in [0.5, 0.6) is 0 Å². The van der Waals surface area contributed by atoms with Crippen LogP contribution in [0.3, 0.4) is 0 Å². The van der Waals surface area contributed by atoms with Crippen LogP contribution in [-0.2, 0) is 16.2 Å². The van der Waals surface area contributed by atoms with Crippen LogP contribution in [0.2, 0.25) is 45.8 Å². The second-order valence-corrected chi connectivity index (χ2v) is 27.7. The molecule has 368 valence electrons. The van der Waals surface area contributed by atoms with E-state index in [9.17, 15) is 4.79 Å². The molecule has 4 aromatic heterocycles. The van der Waals surface area contributed by atoms with Crippen LogP contribution in [0.4, 0.5) is 33.9 Å². The summed E-state index contributed by atoms with van der Waals surface area (Å²) in [5.41, 5.74) is 14.3. The molecule has 2 aliphatic rings. The molecule has 2 aromatic carbocycles. The van der Waals surface area contributed by atoms with Gasteiger partial charge in [0.2, 0.25) is 17.5 Å². The number of anilines is 5. The van der Waals surface area contributed by atoms with Crippen molar-refractivity contribution >= 4 is 128 Å². The van der Waals surface area contributed by atoms with Gasteiger partial charge in [0.1, 0.15) is 16.9 Å². The average Bonchev–Trinajstić information content (AvgIpc) is 3.83. The maximum atomic E-state index is 12.3. The summed E-state index contributed by atoms with van der Waals surface area (Å²) in [6, 6.07) is 11.6. The molecular formula is C45H61BrCl4N14O3Si. The third-order valence-electron chi connectivity index (χ3n) is 11.2. The first kappa shape index (κ1) is 53.1. The number of ether oxygens (including phenoxy) is 2. The van der Waals surface area contributed by atoms with Gasteiger partial charge in [-0.2, -0.15) is 9.97 Å². The molecule has 2 fully saturated rings. The van der Waals surface area contributed by atoms with Crippen molar-refractivity contribution in [1.82, 2.24) is 44.8 Å². The second kappa shape index (κ2) is 22.3. The first-order valence-electron chi connectivity index (χ1n) is 22.3. The molecule has 7 N–H and O–H groups in total. The quantitative estimate of drug-likeness (QED) is 0.0490. The highest BCUT2D eigenvalue weighted by Gasteiger charge is 2.35. The standard InChI is InChI=1S/C22H37BrN6O3Si.C17H19Cl2N7.C6H5Cl2N/c1-21(2,3)32-20(30)27-22(4)8-10-28(11-9-22)19-26-17-18(24-14-16(23)25-17)29(19)15-31-12-13-33(5,6)7;1-17(20)5-7-26(8-6-17)16-24-14-15(25-16)23-12(9-21-14)22-11-4-2-3-10(18)13(11)19;7-4-2-1-3-5(9)6(4)8/h14H,8-13,15H2,1-7H3,(H,27,30);2-4,9H,5-8,20H2,1H3,(H2,21,22,23,24,25);1-3H,9H2. The minimum Gasteiger partial charge on any atom is -0.444 e. The van der Waals surface area contributed by atoms with E-state index in [1.165, 1.54) is 0 Å². The zero-order valence-electron chi connectivity index (χ0n) is 39.7. The Labute approximate surface area is 426 Å². The number of nitrogens with one attached hydrogen (secondary N) is 3. The molecule has 0 aliphatic carbocycles. The van der Waals surface area contributed by atoms with Crippen molar-refractivity contribution in [2.45, 2.75) is 109 Å². The normalized spacial score (nSPS) is 15.9. The van der Waals surface area contributed by atoms with Gasteiger partial charge < -0.3 is 46.4 Å². The Morgan fingerprint density at radius 3 is 2.15 bits per heavy atom. The van der Waals surface area contributed by atoms with E-state index in [0.29, 0.717) is 71.2 Å². The Morgan fingerprint density at radius 1 is 0.868 bits per heavy atom. The SMILES string of the molecule is CC1(N)CCN(c2nc3ncc(Nc4cccc(Cl)c4Cl)nc3[nH]2)CC1.CC1(NC(=O)OC(C)(C)C)CCN(c2nc3nc(Br)cnc3n2COCC[Si](C)(C)C)CC1.Nc1cccc(Cl)c1Cl. The van der Waals surface area contributed by atoms with E-state index in [4.69, 9.17) is 72.3 Å². The van der Waals surface area contributed by atoms with E-state index in [1.807, 2.05) is 37.5 Å². The predicted molar refractivity (Wildman–Crippen MR) is 283 cm³/mol. The van der Waals surface area contributed by atoms with Gasteiger partial charge in [-0.25, -0.2) is 24.7 Å². The van der Waals surface area contributed by atoms with E-state index >= 15 is 0 Å². The number of benzene rings is 2. The smallest absolute Gasteiger partial charge is 0.408 e. The van der Waals surface area contributed by atoms with Crippen molar-refractivity contribution in [3.63, 3.8) is 0 Å². The van der Waals surface area contributed by atoms with Crippen molar-refractivity contribution in [3.8, 4) is 0 Å². The average molecular weight is 1100 g/mol. The molecule has 1 amide bonds. The number of nitrogen functional groups attached to an aromatic ring is 1. The van der Waals surface area contributed by atoms with Crippen LogP contribution < -0.4 is 31.9 Å². The van der Waals surface area contributed by atoms with Crippen LogP contribution >= 0.6 is 62.3 Å². The van der Waals surface area contributed by atoms with Gasteiger partial charge in [0.25, 0.3) is 0 Å². The molecule has 6 aromatic rings. The van der Waals surface area contributed by atoms with Crippen LogP contribution in [0, 0.1) is 0 Å². The van der Waals surface area contributed by atoms with E-state index in [2.05, 4.69) is 99.8 Å². The van der Waals surface area contributed by atoms with Gasteiger partial charge in [-0.05, 0) is 107 Å². The van der Waals surface area contributed by atoms with Crippen molar-refractivity contribution in [2.75, 3.05) is 53.6 Å². The number of amides is 1. The molecule has 0 atom stereocenters. The summed E-state index contributed by atoms with van der Waals surface area (Å²) in [6.07, 6.45) is 6.32. The number of carbonyl (C=O) groups is 1. The molecule has 0 bridgehead atoms. The van der Waals surface area contributed by atoms with Crippen molar-refractivity contribution in [2.24, 2.45) is 5.73 Å². The highest BCUT2D eigenvalue weighted by Crippen LogP contribution is 2.33. The van der Waals surface area contributed by atoms with Crippen molar-refractivity contribution < 1.29 is 14.3 Å². The number of piperidine rings is 2. The Bertz CT molecular complexity index is 2660. The van der Waals surface area contributed by atoms with Gasteiger partial charge in [-0.3, -0.25) is 4.57 Å². The fourth-order valence-electron chi connectivity index (χ4n) is 7.12. The van der Waals surface area contributed by atoms with Gasteiger partial charge in [0.15, 0.2) is 22.8 Å². The number of hydrogen-bond donors (Lipinski definition) is 5. The predicted octanol–water partition coefficient (Wildman–Crippen LogP) is 11.1. The maximum absolute atomic E-state index is 12.3. The summed E-state index contributed by atoms with van der Waals surface area (Å²) in [7, 11) is -1.17. The topological polar surface area (TPSA) is 216 Å². The minimum atomic E-state index is -1.17. The van der Waals surface area contributed by atoms with Gasteiger partial charge in [-0.15, -0.1) is 0 Å². The van der Waals surface area contributed by atoms with Crippen LogP contribution in [0.25, 0.3) is 22.6 Å². The summed E-state index contributed by atoms with van der Waals surface area (Å²) >= 11 is 26.9. The lowest BCUT2D eigenvalue weighted by Gasteiger charge is -2.40. The summed E-state index contributed by atoms with van der Waals surface area (Å²) in [4.78, 5) is 47.2. The maximum Gasteiger partial charge on any atom is 0.408 e. The number of carbonyl (C=O) groups excluding carboxylic acids is 1. The van der Waals surface area contributed by atoms with Gasteiger partial charge in [-0.1, -0.05) is 78.2 Å². The first-order chi connectivity index (χ1) is 31.9. The largest absolute Gasteiger partial charge is 0.444 e. The van der Waals surface area contributed by atoms with Crippen LogP contribution in [0.1, 0.15) is 60.3 Å². The molecule has 0 spiro atoms. The first-order valence-corrected chi connectivity index (χ1v) is 28.3. The second-order valence-electron chi connectivity index (χ2n) is 19.7. The number of alkyl carbamates (subject to hydrolysis) is 1. The summed E-state index contributed by atoms with van der Waals surface area (Å²) in [5, 5.41) is 8.05. The Hall–Kier alpha value is -4.21.